The standard InChI is InChI=1S/C16H21N3O2/c1-3-14-18-10-11-19(14)12-16(17,15(20)21-4-2)13-8-6-5-7-9-13/h5-11H,3-4,12,17H2,1-2H3. The van der Waals surface area contributed by atoms with Gasteiger partial charge in [-0.3, -0.25) is 0 Å². The summed E-state index contributed by atoms with van der Waals surface area (Å²) in [7, 11) is 0. The van der Waals surface area contributed by atoms with E-state index in [2.05, 4.69) is 4.98 Å². The Morgan fingerprint density at radius 3 is 2.67 bits per heavy atom. The molecule has 0 radical (unpaired) electrons. The van der Waals surface area contributed by atoms with E-state index in [-0.39, 0.29) is 0 Å². The molecule has 2 rings (SSSR count). The van der Waals surface area contributed by atoms with Gasteiger partial charge >= 0.3 is 5.97 Å². The lowest BCUT2D eigenvalue weighted by atomic mass is 9.90. The van der Waals surface area contributed by atoms with Gasteiger partial charge in [-0.25, -0.2) is 9.78 Å². The average molecular weight is 287 g/mol. The van der Waals surface area contributed by atoms with Gasteiger partial charge in [0.15, 0.2) is 5.54 Å². The molecule has 0 aliphatic rings. The minimum absolute atomic E-state index is 0.301. The van der Waals surface area contributed by atoms with Crippen LogP contribution in [0.2, 0.25) is 0 Å². The van der Waals surface area contributed by atoms with Crippen LogP contribution in [0.25, 0.3) is 0 Å². The van der Waals surface area contributed by atoms with Crippen molar-refractivity contribution in [3.63, 3.8) is 0 Å². The van der Waals surface area contributed by atoms with Crippen LogP contribution in [-0.4, -0.2) is 22.1 Å². The third-order valence-electron chi connectivity index (χ3n) is 3.47. The zero-order valence-corrected chi connectivity index (χ0v) is 12.5. The van der Waals surface area contributed by atoms with Gasteiger partial charge in [-0.2, -0.15) is 0 Å². The molecule has 0 aliphatic heterocycles. The summed E-state index contributed by atoms with van der Waals surface area (Å²) in [5.74, 6) is 0.469. The second-order valence-corrected chi connectivity index (χ2v) is 4.88. The van der Waals surface area contributed by atoms with E-state index in [0.717, 1.165) is 17.8 Å². The molecular formula is C16H21N3O2. The molecule has 0 spiro atoms. The maximum Gasteiger partial charge on any atom is 0.332 e. The van der Waals surface area contributed by atoms with Crippen molar-refractivity contribution in [2.45, 2.75) is 32.4 Å². The Kier molecular flexibility index (Phi) is 4.75. The van der Waals surface area contributed by atoms with Crippen LogP contribution < -0.4 is 5.73 Å². The highest BCUT2D eigenvalue weighted by Gasteiger charge is 2.38. The molecule has 112 valence electrons. The summed E-state index contributed by atoms with van der Waals surface area (Å²) in [6.07, 6.45) is 4.33. The van der Waals surface area contributed by atoms with E-state index in [1.807, 2.05) is 48.0 Å². The smallest absolute Gasteiger partial charge is 0.332 e. The van der Waals surface area contributed by atoms with Crippen molar-refractivity contribution in [2.24, 2.45) is 5.73 Å². The van der Waals surface area contributed by atoms with Gasteiger partial charge in [0.05, 0.1) is 13.2 Å². The quantitative estimate of drug-likeness (QED) is 0.823. The van der Waals surface area contributed by atoms with Gasteiger partial charge in [0, 0.05) is 18.8 Å². The number of esters is 1. The highest BCUT2D eigenvalue weighted by atomic mass is 16.5. The van der Waals surface area contributed by atoms with E-state index >= 15 is 0 Å². The number of aromatic nitrogens is 2. The molecule has 1 aromatic carbocycles. The minimum atomic E-state index is -1.22. The van der Waals surface area contributed by atoms with E-state index in [1.54, 1.807) is 13.1 Å². The van der Waals surface area contributed by atoms with Crippen molar-refractivity contribution in [2.75, 3.05) is 6.61 Å². The van der Waals surface area contributed by atoms with Crippen molar-refractivity contribution in [3.8, 4) is 0 Å². The van der Waals surface area contributed by atoms with E-state index in [1.165, 1.54) is 0 Å². The molecule has 5 heteroatoms. The molecule has 0 saturated heterocycles. The highest BCUT2D eigenvalue weighted by molar-refractivity contribution is 5.82. The Morgan fingerprint density at radius 2 is 2.05 bits per heavy atom. The van der Waals surface area contributed by atoms with E-state index in [0.29, 0.717) is 13.2 Å². The number of rotatable bonds is 6. The predicted octanol–water partition coefficient (Wildman–Crippen LogP) is 1.86. The largest absolute Gasteiger partial charge is 0.464 e. The van der Waals surface area contributed by atoms with Gasteiger partial charge in [0.25, 0.3) is 0 Å². The first-order valence-electron chi connectivity index (χ1n) is 7.13. The molecule has 21 heavy (non-hydrogen) atoms. The zero-order chi connectivity index (χ0) is 15.3. The molecule has 0 amide bonds. The molecule has 0 bridgehead atoms. The number of hydrogen-bond acceptors (Lipinski definition) is 4. The number of carbonyl (C=O) groups excluding carboxylic acids is 1. The Balaban J connectivity index is 2.39. The Bertz CT molecular complexity index is 595. The Morgan fingerprint density at radius 1 is 1.33 bits per heavy atom. The molecule has 1 heterocycles. The fraction of sp³-hybridized carbons (Fsp3) is 0.375. The predicted molar refractivity (Wildman–Crippen MR) is 80.5 cm³/mol. The summed E-state index contributed by atoms with van der Waals surface area (Å²) in [6.45, 7) is 4.40. The Labute approximate surface area is 124 Å². The number of nitrogens with zero attached hydrogens (tertiary/aromatic N) is 2. The summed E-state index contributed by atoms with van der Waals surface area (Å²) in [5, 5.41) is 0. The molecular weight excluding hydrogens is 266 g/mol. The SMILES string of the molecule is CCOC(=O)C(N)(Cn1ccnc1CC)c1ccccc1. The number of ether oxygens (including phenoxy) is 1. The highest BCUT2D eigenvalue weighted by Crippen LogP contribution is 2.23. The third kappa shape index (κ3) is 3.13. The van der Waals surface area contributed by atoms with Gasteiger partial charge in [-0.05, 0) is 12.5 Å². The van der Waals surface area contributed by atoms with Crippen LogP contribution in [0.15, 0.2) is 42.7 Å². The lowest BCUT2D eigenvalue weighted by Crippen LogP contribution is -2.49. The molecule has 0 fully saturated rings. The fourth-order valence-corrected chi connectivity index (χ4v) is 2.34. The first-order chi connectivity index (χ1) is 10.1. The molecule has 0 saturated carbocycles. The minimum Gasteiger partial charge on any atom is -0.464 e. The van der Waals surface area contributed by atoms with E-state index in [4.69, 9.17) is 10.5 Å². The maximum atomic E-state index is 12.4. The number of imidazole rings is 1. The van der Waals surface area contributed by atoms with Crippen LogP contribution in [0.5, 0.6) is 0 Å². The lowest BCUT2D eigenvalue weighted by molar-refractivity contribution is -0.150. The van der Waals surface area contributed by atoms with Crippen LogP contribution in [0.4, 0.5) is 0 Å². The van der Waals surface area contributed by atoms with Crippen LogP contribution in [0, 0.1) is 0 Å². The number of hydrogen-bond donors (Lipinski definition) is 1. The van der Waals surface area contributed by atoms with Crippen LogP contribution in [0.3, 0.4) is 0 Å². The second-order valence-electron chi connectivity index (χ2n) is 4.88. The topological polar surface area (TPSA) is 70.1 Å². The van der Waals surface area contributed by atoms with Gasteiger partial charge in [-0.1, -0.05) is 37.3 Å². The molecule has 1 atom stereocenters. The average Bonchev–Trinajstić information content (AvgIpc) is 2.95. The summed E-state index contributed by atoms with van der Waals surface area (Å²) in [4.78, 5) is 16.7. The maximum absolute atomic E-state index is 12.4. The van der Waals surface area contributed by atoms with Crippen molar-refractivity contribution in [3.05, 3.63) is 54.1 Å². The van der Waals surface area contributed by atoms with Crippen LogP contribution >= 0.6 is 0 Å². The van der Waals surface area contributed by atoms with Crippen molar-refractivity contribution in [1.29, 1.82) is 0 Å². The molecule has 5 nitrogen and oxygen atoms in total. The van der Waals surface area contributed by atoms with Crippen molar-refractivity contribution in [1.82, 2.24) is 9.55 Å². The number of benzene rings is 1. The third-order valence-corrected chi connectivity index (χ3v) is 3.47. The Hall–Kier alpha value is -2.14. The molecule has 2 N–H and O–H groups in total. The van der Waals surface area contributed by atoms with Crippen LogP contribution in [-0.2, 0) is 28.0 Å². The summed E-state index contributed by atoms with van der Waals surface area (Å²) in [5.41, 5.74) is 5.96. The monoisotopic (exact) mass is 287 g/mol. The normalized spacial score (nSPS) is 13.7. The molecule has 1 unspecified atom stereocenters. The first kappa shape index (κ1) is 15.3. The molecule has 0 aliphatic carbocycles. The second kappa shape index (κ2) is 6.54. The van der Waals surface area contributed by atoms with Crippen molar-refractivity contribution >= 4 is 5.97 Å². The van der Waals surface area contributed by atoms with Gasteiger partial charge in [0.1, 0.15) is 5.82 Å². The number of aryl methyl sites for hydroxylation is 1. The zero-order valence-electron chi connectivity index (χ0n) is 12.5. The van der Waals surface area contributed by atoms with Gasteiger partial charge in [0.2, 0.25) is 0 Å². The molecule has 2 aromatic rings. The molecule has 1 aromatic heterocycles. The van der Waals surface area contributed by atoms with E-state index in [9.17, 15) is 4.79 Å². The van der Waals surface area contributed by atoms with E-state index < -0.39 is 11.5 Å². The number of carbonyl (C=O) groups is 1. The van der Waals surface area contributed by atoms with Gasteiger partial charge < -0.3 is 15.0 Å². The summed E-state index contributed by atoms with van der Waals surface area (Å²) >= 11 is 0. The summed E-state index contributed by atoms with van der Waals surface area (Å²) in [6, 6.07) is 9.32. The lowest BCUT2D eigenvalue weighted by Gasteiger charge is -2.28. The van der Waals surface area contributed by atoms with Crippen LogP contribution in [0.1, 0.15) is 25.2 Å². The first-order valence-corrected chi connectivity index (χ1v) is 7.13. The van der Waals surface area contributed by atoms with Crippen molar-refractivity contribution < 1.29 is 9.53 Å². The summed E-state index contributed by atoms with van der Waals surface area (Å²) < 4.78 is 7.09. The fourth-order valence-electron chi connectivity index (χ4n) is 2.34. The van der Waals surface area contributed by atoms with Gasteiger partial charge in [-0.15, -0.1) is 0 Å². The number of nitrogens with two attached hydrogens (primary N) is 1.